The number of benzene rings is 1. The van der Waals surface area contributed by atoms with Crippen LogP contribution in [0.1, 0.15) is 18.4 Å². The monoisotopic (exact) mass is 396 g/mol. The van der Waals surface area contributed by atoms with Crippen molar-refractivity contribution in [2.45, 2.75) is 19.4 Å². The summed E-state index contributed by atoms with van der Waals surface area (Å²) in [6.45, 7) is 6.88. The molecule has 1 aliphatic rings. The third-order valence-electron chi connectivity index (χ3n) is 4.19. The van der Waals surface area contributed by atoms with Gasteiger partial charge in [0, 0.05) is 44.7 Å². The normalized spacial score (nSPS) is 16.2. The number of halogens is 1. The van der Waals surface area contributed by atoms with Crippen LogP contribution in [0.4, 0.5) is 0 Å². The van der Waals surface area contributed by atoms with Gasteiger partial charge in [-0.25, -0.2) is 0 Å². The minimum atomic E-state index is 0.848. The number of ether oxygens (including phenoxy) is 1. The van der Waals surface area contributed by atoms with Gasteiger partial charge < -0.3 is 15.0 Å². The lowest BCUT2D eigenvalue weighted by Gasteiger charge is -2.26. The Hall–Kier alpha value is -1.11. The Balaban J connectivity index is 1.64. The zero-order valence-corrected chi connectivity index (χ0v) is 16.4. The van der Waals surface area contributed by atoms with Crippen molar-refractivity contribution in [3.05, 3.63) is 34.3 Å². The summed E-state index contributed by atoms with van der Waals surface area (Å²) in [7, 11) is 3.92. The number of morpholine rings is 1. The lowest BCUT2D eigenvalue weighted by molar-refractivity contribution is 0.0372. The second-order valence-electron chi connectivity index (χ2n) is 6.12. The molecule has 1 saturated heterocycles. The molecule has 0 radical (unpaired) electrons. The molecule has 24 heavy (non-hydrogen) atoms. The first kappa shape index (κ1) is 19.2. The summed E-state index contributed by atoms with van der Waals surface area (Å²) in [6.07, 6.45) is 2.36. The topological polar surface area (TPSA) is 40.1 Å². The van der Waals surface area contributed by atoms with E-state index in [1.165, 1.54) is 18.5 Å². The van der Waals surface area contributed by atoms with Gasteiger partial charge in [0.2, 0.25) is 0 Å². The molecule has 1 fully saturated rings. The fraction of sp³-hybridized carbons (Fsp3) is 0.611. The molecule has 1 heterocycles. The maximum atomic E-state index is 5.38. The summed E-state index contributed by atoms with van der Waals surface area (Å²) in [5.41, 5.74) is 1.27. The number of rotatable bonds is 7. The number of unbranched alkanes of at least 4 members (excludes halogenated alkanes) is 1. The van der Waals surface area contributed by atoms with Crippen LogP contribution in [-0.4, -0.2) is 69.2 Å². The van der Waals surface area contributed by atoms with E-state index in [0.29, 0.717) is 0 Å². The summed E-state index contributed by atoms with van der Waals surface area (Å²) in [4.78, 5) is 9.03. The molecule has 6 heteroatoms. The lowest BCUT2D eigenvalue weighted by Crippen LogP contribution is -2.39. The Morgan fingerprint density at radius 1 is 1.25 bits per heavy atom. The molecule has 0 amide bonds. The van der Waals surface area contributed by atoms with Crippen molar-refractivity contribution in [1.82, 2.24) is 15.1 Å². The van der Waals surface area contributed by atoms with Gasteiger partial charge in [0.25, 0.3) is 0 Å². The SMILES string of the molecule is CN=C(NCCCCN1CCOCC1)N(C)Cc1ccc(Br)cc1. The predicted molar refractivity (Wildman–Crippen MR) is 103 cm³/mol. The van der Waals surface area contributed by atoms with E-state index < -0.39 is 0 Å². The van der Waals surface area contributed by atoms with Gasteiger partial charge in [0.15, 0.2) is 5.96 Å². The van der Waals surface area contributed by atoms with Gasteiger partial charge in [-0.2, -0.15) is 0 Å². The van der Waals surface area contributed by atoms with E-state index >= 15 is 0 Å². The average molecular weight is 397 g/mol. The summed E-state index contributed by atoms with van der Waals surface area (Å²) in [6, 6.07) is 8.42. The van der Waals surface area contributed by atoms with Crippen molar-refractivity contribution in [1.29, 1.82) is 0 Å². The van der Waals surface area contributed by atoms with Crippen LogP contribution in [0.25, 0.3) is 0 Å². The smallest absolute Gasteiger partial charge is 0.193 e. The molecule has 0 spiro atoms. The Morgan fingerprint density at radius 2 is 1.96 bits per heavy atom. The molecule has 0 bridgehead atoms. The summed E-state index contributed by atoms with van der Waals surface area (Å²) >= 11 is 3.47. The minimum Gasteiger partial charge on any atom is -0.379 e. The number of guanidine groups is 1. The minimum absolute atomic E-state index is 0.848. The van der Waals surface area contributed by atoms with E-state index in [1.54, 1.807) is 0 Å². The highest BCUT2D eigenvalue weighted by Gasteiger charge is 2.10. The second kappa shape index (κ2) is 10.7. The van der Waals surface area contributed by atoms with Crippen LogP contribution in [0.15, 0.2) is 33.7 Å². The van der Waals surface area contributed by atoms with Gasteiger partial charge in [-0.3, -0.25) is 9.89 Å². The van der Waals surface area contributed by atoms with E-state index in [0.717, 1.165) is 56.2 Å². The van der Waals surface area contributed by atoms with Gasteiger partial charge in [-0.15, -0.1) is 0 Å². The van der Waals surface area contributed by atoms with Gasteiger partial charge in [-0.1, -0.05) is 28.1 Å². The lowest BCUT2D eigenvalue weighted by atomic mass is 10.2. The highest BCUT2D eigenvalue weighted by Crippen LogP contribution is 2.11. The molecule has 0 saturated carbocycles. The standard InChI is InChI=1S/C18H29BrN4O/c1-20-18(22(2)15-16-5-7-17(19)8-6-16)21-9-3-4-10-23-11-13-24-14-12-23/h5-8H,3-4,9-15H2,1-2H3,(H,20,21). The van der Waals surface area contributed by atoms with E-state index in [4.69, 9.17) is 4.74 Å². The van der Waals surface area contributed by atoms with Crippen LogP contribution in [0.2, 0.25) is 0 Å². The fourth-order valence-corrected chi connectivity index (χ4v) is 3.07. The molecule has 0 atom stereocenters. The van der Waals surface area contributed by atoms with Crippen LogP contribution in [-0.2, 0) is 11.3 Å². The van der Waals surface area contributed by atoms with Gasteiger partial charge in [0.1, 0.15) is 0 Å². The van der Waals surface area contributed by atoms with Gasteiger partial charge >= 0.3 is 0 Å². The van der Waals surface area contributed by atoms with Crippen LogP contribution >= 0.6 is 15.9 Å². The number of nitrogens with one attached hydrogen (secondary N) is 1. The average Bonchev–Trinajstić information content (AvgIpc) is 2.61. The van der Waals surface area contributed by atoms with E-state index in [1.807, 2.05) is 7.05 Å². The quantitative estimate of drug-likeness (QED) is 0.436. The van der Waals surface area contributed by atoms with Crippen molar-refractivity contribution < 1.29 is 4.74 Å². The van der Waals surface area contributed by atoms with E-state index in [-0.39, 0.29) is 0 Å². The molecule has 134 valence electrons. The molecule has 1 N–H and O–H groups in total. The van der Waals surface area contributed by atoms with Crippen molar-refractivity contribution >= 4 is 21.9 Å². The summed E-state index contributed by atoms with van der Waals surface area (Å²) < 4.78 is 6.49. The van der Waals surface area contributed by atoms with Crippen molar-refractivity contribution in [2.75, 3.05) is 53.5 Å². The van der Waals surface area contributed by atoms with Crippen molar-refractivity contribution in [3.63, 3.8) is 0 Å². The molecule has 2 rings (SSSR count). The molecule has 1 aromatic carbocycles. The Bertz CT molecular complexity index is 500. The zero-order valence-electron chi connectivity index (χ0n) is 14.8. The van der Waals surface area contributed by atoms with Crippen LogP contribution < -0.4 is 5.32 Å². The van der Waals surface area contributed by atoms with Crippen LogP contribution in [0.3, 0.4) is 0 Å². The van der Waals surface area contributed by atoms with Gasteiger partial charge in [-0.05, 0) is 37.1 Å². The first-order valence-corrected chi connectivity index (χ1v) is 9.44. The maximum Gasteiger partial charge on any atom is 0.193 e. The third kappa shape index (κ3) is 6.79. The predicted octanol–water partition coefficient (Wildman–Crippen LogP) is 2.57. The maximum absolute atomic E-state index is 5.38. The number of hydrogen-bond donors (Lipinski definition) is 1. The number of nitrogens with zero attached hydrogens (tertiary/aromatic N) is 3. The van der Waals surface area contributed by atoms with E-state index in [2.05, 4.69) is 67.4 Å². The second-order valence-corrected chi connectivity index (χ2v) is 7.03. The first-order valence-electron chi connectivity index (χ1n) is 8.65. The molecule has 5 nitrogen and oxygen atoms in total. The Labute approximate surface area is 154 Å². The fourth-order valence-electron chi connectivity index (χ4n) is 2.81. The largest absolute Gasteiger partial charge is 0.379 e. The summed E-state index contributed by atoms with van der Waals surface area (Å²) in [5, 5.41) is 3.46. The highest BCUT2D eigenvalue weighted by atomic mass is 79.9. The highest BCUT2D eigenvalue weighted by molar-refractivity contribution is 9.10. The Kier molecular flexibility index (Phi) is 8.56. The molecule has 1 aliphatic heterocycles. The van der Waals surface area contributed by atoms with E-state index in [9.17, 15) is 0 Å². The van der Waals surface area contributed by atoms with Crippen molar-refractivity contribution in [3.8, 4) is 0 Å². The van der Waals surface area contributed by atoms with Crippen LogP contribution in [0, 0.1) is 0 Å². The van der Waals surface area contributed by atoms with Gasteiger partial charge in [0.05, 0.1) is 13.2 Å². The Morgan fingerprint density at radius 3 is 2.62 bits per heavy atom. The zero-order chi connectivity index (χ0) is 17.2. The molecule has 0 aromatic heterocycles. The number of aliphatic imine (C=N–C) groups is 1. The van der Waals surface area contributed by atoms with Crippen LogP contribution in [0.5, 0.6) is 0 Å². The molecular formula is C18H29BrN4O. The molecule has 0 aliphatic carbocycles. The molecule has 1 aromatic rings. The van der Waals surface area contributed by atoms with Crippen molar-refractivity contribution in [2.24, 2.45) is 4.99 Å². The first-order chi connectivity index (χ1) is 11.7. The third-order valence-corrected chi connectivity index (χ3v) is 4.72. The summed E-state index contributed by atoms with van der Waals surface area (Å²) in [5.74, 6) is 0.948. The molecular weight excluding hydrogens is 368 g/mol. The molecule has 0 unspecified atom stereocenters. The number of hydrogen-bond acceptors (Lipinski definition) is 3.